The molecule has 0 unspecified atom stereocenters. The van der Waals surface area contributed by atoms with Crippen LogP contribution in [0, 0.1) is 5.92 Å². The summed E-state index contributed by atoms with van der Waals surface area (Å²) in [6.45, 7) is 6.82. The highest BCUT2D eigenvalue weighted by molar-refractivity contribution is 5.73. The number of rotatable bonds is 19. The van der Waals surface area contributed by atoms with Gasteiger partial charge in [-0.1, -0.05) is 128 Å². The lowest BCUT2D eigenvalue weighted by Gasteiger charge is -2.08. The summed E-state index contributed by atoms with van der Waals surface area (Å²) in [5.41, 5.74) is 4.35. The fourth-order valence-corrected chi connectivity index (χ4v) is 4.95. The van der Waals surface area contributed by atoms with Crippen LogP contribution < -0.4 is 4.74 Å². The second-order valence-electron chi connectivity index (χ2n) is 11.3. The maximum atomic E-state index is 12.2. The highest BCUT2D eigenvalue weighted by Gasteiger charge is 2.08. The van der Waals surface area contributed by atoms with Gasteiger partial charge in [-0.05, 0) is 48.4 Å². The monoisotopic (exact) mass is 542 g/mol. The molecule has 0 aliphatic rings. The topological polar surface area (TPSA) is 52.1 Å². The van der Waals surface area contributed by atoms with Crippen molar-refractivity contribution in [3.8, 4) is 28.3 Å². The molecule has 216 valence electrons. The lowest BCUT2D eigenvalue weighted by atomic mass is 10.0. The van der Waals surface area contributed by atoms with Crippen LogP contribution in [0.3, 0.4) is 0 Å². The van der Waals surface area contributed by atoms with Crippen molar-refractivity contribution in [2.45, 2.75) is 117 Å². The van der Waals surface area contributed by atoms with Crippen molar-refractivity contribution in [1.29, 1.82) is 0 Å². The van der Waals surface area contributed by atoms with Gasteiger partial charge in [-0.25, -0.2) is 9.97 Å². The zero-order valence-corrected chi connectivity index (χ0v) is 25.2. The second-order valence-corrected chi connectivity index (χ2v) is 11.3. The minimum atomic E-state index is -0.157. The van der Waals surface area contributed by atoms with E-state index in [0.29, 0.717) is 12.2 Å². The average Bonchev–Trinajstić information content (AvgIpc) is 2.99. The molecule has 1 atom stereocenters. The lowest BCUT2D eigenvalue weighted by Crippen LogP contribution is -2.07. The highest BCUT2D eigenvalue weighted by atomic mass is 16.5. The van der Waals surface area contributed by atoms with Crippen molar-refractivity contribution in [1.82, 2.24) is 9.97 Å². The van der Waals surface area contributed by atoms with E-state index in [-0.39, 0.29) is 5.97 Å². The molecule has 3 rings (SSSR count). The number of benzene rings is 2. The van der Waals surface area contributed by atoms with Gasteiger partial charge in [0.15, 0.2) is 5.82 Å². The maximum absolute atomic E-state index is 12.2. The van der Waals surface area contributed by atoms with Gasteiger partial charge in [-0.2, -0.15) is 0 Å². The first-order valence-electron chi connectivity index (χ1n) is 15.8. The number of aromatic nitrogens is 2. The number of carbonyl (C=O) groups excluding carboxylic acids is 1. The summed E-state index contributed by atoms with van der Waals surface area (Å²) in [4.78, 5) is 21.4. The Labute approximate surface area is 243 Å². The summed E-state index contributed by atoms with van der Waals surface area (Å²) < 4.78 is 5.53. The van der Waals surface area contributed by atoms with Gasteiger partial charge in [-0.3, -0.25) is 4.79 Å². The van der Waals surface area contributed by atoms with Crippen molar-refractivity contribution in [2.24, 2.45) is 5.92 Å². The van der Waals surface area contributed by atoms with E-state index in [0.717, 1.165) is 47.7 Å². The number of nitrogens with zero attached hydrogens (tertiary/aromatic N) is 2. The first-order valence-corrected chi connectivity index (χ1v) is 15.8. The molecule has 0 saturated heterocycles. The molecule has 4 heteroatoms. The third-order valence-electron chi connectivity index (χ3n) is 7.88. The number of hydrogen-bond acceptors (Lipinski definition) is 4. The summed E-state index contributed by atoms with van der Waals surface area (Å²) in [7, 11) is 0. The first-order chi connectivity index (χ1) is 19.6. The Morgan fingerprint density at radius 1 is 0.700 bits per heavy atom. The largest absolute Gasteiger partial charge is 0.427 e. The fraction of sp³-hybridized carbons (Fsp3) is 0.528. The third-order valence-corrected chi connectivity index (χ3v) is 7.88. The smallest absolute Gasteiger partial charge is 0.311 e. The number of carbonyl (C=O) groups is 1. The molecule has 0 spiro atoms. The fourth-order valence-electron chi connectivity index (χ4n) is 4.95. The summed E-state index contributed by atoms with van der Waals surface area (Å²) in [5, 5.41) is 0. The molecule has 40 heavy (non-hydrogen) atoms. The summed E-state index contributed by atoms with van der Waals surface area (Å²) in [6.07, 6.45) is 21.6. The van der Waals surface area contributed by atoms with Crippen LogP contribution in [-0.4, -0.2) is 15.9 Å². The van der Waals surface area contributed by atoms with Crippen molar-refractivity contribution < 1.29 is 9.53 Å². The molecule has 0 bridgehead atoms. The molecule has 0 amide bonds. The quantitative estimate of drug-likeness (QED) is 0.0859. The van der Waals surface area contributed by atoms with Crippen LogP contribution >= 0.6 is 0 Å². The van der Waals surface area contributed by atoms with Crippen LogP contribution in [0.2, 0.25) is 0 Å². The van der Waals surface area contributed by atoms with E-state index >= 15 is 0 Å². The summed E-state index contributed by atoms with van der Waals surface area (Å²) >= 11 is 0. The molecule has 0 saturated carbocycles. The molecule has 1 aromatic heterocycles. The van der Waals surface area contributed by atoms with Gasteiger partial charge >= 0.3 is 5.97 Å². The Hall–Kier alpha value is -3.01. The van der Waals surface area contributed by atoms with Crippen molar-refractivity contribution in [3.05, 3.63) is 66.5 Å². The van der Waals surface area contributed by atoms with E-state index in [1.54, 1.807) is 0 Å². The van der Waals surface area contributed by atoms with Crippen molar-refractivity contribution >= 4 is 5.97 Å². The van der Waals surface area contributed by atoms with E-state index in [9.17, 15) is 4.79 Å². The van der Waals surface area contributed by atoms with Gasteiger partial charge in [-0.15, -0.1) is 0 Å². The predicted octanol–water partition coefficient (Wildman–Crippen LogP) is 10.4. The maximum Gasteiger partial charge on any atom is 0.311 e. The van der Waals surface area contributed by atoms with E-state index in [2.05, 4.69) is 55.0 Å². The standard InChI is InChI=1S/C36H50N2O2/c1-4-6-7-8-9-10-14-17-30-19-21-32(22-20-30)36-37-27-33(28-38-36)31-23-25-34(26-24-31)40-35(39)18-15-12-11-13-16-29(3)5-2/h19-29H,4-18H2,1-3H3/t29-/m0/s1. The van der Waals surface area contributed by atoms with Gasteiger partial charge in [0.25, 0.3) is 0 Å². The number of aryl methyl sites for hydroxylation is 1. The molecule has 1 heterocycles. The molecular weight excluding hydrogens is 492 g/mol. The number of esters is 1. The van der Waals surface area contributed by atoms with Crippen LogP contribution in [0.4, 0.5) is 0 Å². The first kappa shape index (κ1) is 31.5. The van der Waals surface area contributed by atoms with Crippen LogP contribution in [0.25, 0.3) is 22.5 Å². The molecule has 2 aromatic carbocycles. The SMILES string of the molecule is CCCCCCCCCc1ccc(-c2ncc(-c3ccc(OC(=O)CCCCCC[C@@H](C)CC)cc3)cn2)cc1. The van der Waals surface area contributed by atoms with Gasteiger partial charge < -0.3 is 4.74 Å². The van der Waals surface area contributed by atoms with Crippen molar-refractivity contribution in [3.63, 3.8) is 0 Å². The normalized spacial score (nSPS) is 11.9. The number of unbranched alkanes of at least 4 members (excludes halogenated alkanes) is 9. The van der Waals surface area contributed by atoms with E-state index in [1.165, 1.54) is 76.2 Å². The lowest BCUT2D eigenvalue weighted by molar-refractivity contribution is -0.134. The molecule has 0 fully saturated rings. The molecule has 0 aliphatic carbocycles. The van der Waals surface area contributed by atoms with Gasteiger partial charge in [0.1, 0.15) is 5.75 Å². The minimum absolute atomic E-state index is 0.157. The Morgan fingerprint density at radius 2 is 1.30 bits per heavy atom. The number of ether oxygens (including phenoxy) is 1. The second kappa shape index (κ2) is 18.4. The molecule has 0 aliphatic heterocycles. The average molecular weight is 543 g/mol. The van der Waals surface area contributed by atoms with Gasteiger partial charge in [0.05, 0.1) is 0 Å². The van der Waals surface area contributed by atoms with Crippen LogP contribution in [0.1, 0.15) is 116 Å². The van der Waals surface area contributed by atoms with E-state index in [1.807, 2.05) is 36.7 Å². The predicted molar refractivity (Wildman–Crippen MR) is 167 cm³/mol. The van der Waals surface area contributed by atoms with Crippen molar-refractivity contribution in [2.75, 3.05) is 0 Å². The molecular formula is C36H50N2O2. The van der Waals surface area contributed by atoms with E-state index in [4.69, 9.17) is 4.74 Å². The minimum Gasteiger partial charge on any atom is -0.427 e. The Balaban J connectivity index is 1.40. The zero-order valence-electron chi connectivity index (χ0n) is 25.2. The van der Waals surface area contributed by atoms with E-state index < -0.39 is 0 Å². The Bertz CT molecular complexity index is 1090. The van der Waals surface area contributed by atoms with Gasteiger partial charge in [0.2, 0.25) is 0 Å². The summed E-state index contributed by atoms with van der Waals surface area (Å²) in [5.74, 6) is 1.96. The highest BCUT2D eigenvalue weighted by Crippen LogP contribution is 2.24. The van der Waals surface area contributed by atoms with Crippen LogP contribution in [-0.2, 0) is 11.2 Å². The summed E-state index contributed by atoms with van der Waals surface area (Å²) in [6, 6.07) is 16.3. The molecule has 0 radical (unpaired) electrons. The van der Waals surface area contributed by atoms with Crippen LogP contribution in [0.15, 0.2) is 60.9 Å². The third kappa shape index (κ3) is 11.6. The Morgan fingerprint density at radius 3 is 1.98 bits per heavy atom. The van der Waals surface area contributed by atoms with Gasteiger partial charge in [0, 0.05) is 29.9 Å². The van der Waals surface area contributed by atoms with Crippen LogP contribution in [0.5, 0.6) is 5.75 Å². The molecule has 0 N–H and O–H groups in total. The molecule has 3 aromatic rings. The molecule has 4 nitrogen and oxygen atoms in total. The Kier molecular flexibility index (Phi) is 14.5. The zero-order chi connectivity index (χ0) is 28.4. The number of hydrogen-bond donors (Lipinski definition) is 0.